The quantitative estimate of drug-likeness (QED) is 0.501. The molecule has 0 aromatic heterocycles. The van der Waals surface area contributed by atoms with Crippen LogP contribution in [0.2, 0.25) is 10.0 Å². The van der Waals surface area contributed by atoms with Crippen molar-refractivity contribution in [2.75, 3.05) is 5.32 Å². The summed E-state index contributed by atoms with van der Waals surface area (Å²) in [5.41, 5.74) is 1.44. The fraction of sp³-hybridized carbons (Fsp3) is 0.100. The number of anilines is 1. The fourth-order valence-corrected chi connectivity index (χ4v) is 3.67. The number of halogens is 2. The van der Waals surface area contributed by atoms with Crippen molar-refractivity contribution in [1.29, 1.82) is 0 Å². The molecule has 3 rings (SSSR count). The van der Waals surface area contributed by atoms with Gasteiger partial charge >= 0.3 is 0 Å². The lowest BCUT2D eigenvalue weighted by Crippen LogP contribution is -2.28. The predicted octanol–water partition coefficient (Wildman–Crippen LogP) is 4.61. The zero-order valence-corrected chi connectivity index (χ0v) is 17.3. The molecule has 1 heterocycles. The summed E-state index contributed by atoms with van der Waals surface area (Å²) in [5.74, 6) is -0.645. The lowest BCUT2D eigenvalue weighted by atomic mass is 10.2. The number of rotatable bonds is 6. The number of amides is 2. The smallest absolute Gasteiger partial charge is 0.240 e. The molecule has 2 aromatic carbocycles. The molecular weight excluding hydrogens is 431 g/mol. The Hall–Kier alpha value is -2.61. The van der Waals surface area contributed by atoms with Gasteiger partial charge in [0.15, 0.2) is 5.17 Å². The summed E-state index contributed by atoms with van der Waals surface area (Å²) < 4.78 is 0. The van der Waals surface area contributed by atoms with Gasteiger partial charge in [-0.3, -0.25) is 9.59 Å². The number of carbonyl (C=O) groups excluding carboxylic acids is 2. The molecule has 0 spiro atoms. The normalized spacial score (nSPS) is 17.9. The van der Waals surface area contributed by atoms with Gasteiger partial charge in [0.25, 0.3) is 0 Å². The highest BCUT2D eigenvalue weighted by Crippen LogP contribution is 2.30. The molecule has 1 fully saturated rings. The summed E-state index contributed by atoms with van der Waals surface area (Å²) in [4.78, 5) is 24.3. The number of hydrogen-bond acceptors (Lipinski definition) is 5. The second-order valence-corrected chi connectivity index (χ2v) is 7.87. The molecule has 1 aliphatic rings. The standard InChI is InChI=1S/C20H16Cl2N4O2S/c21-14-9-4-10-15(18(14)22)24-17(27)12-16-19(28)25-20(29-16)26-23-11-5-8-13-6-2-1-3-7-13/h1-11,16H,12H2,(H,24,27)(H,25,26,28)/b8-5+,23-11-/t16-/m0/s1. The average Bonchev–Trinajstić information content (AvgIpc) is 3.05. The van der Waals surface area contributed by atoms with Crippen LogP contribution in [0.25, 0.3) is 6.08 Å². The summed E-state index contributed by atoms with van der Waals surface area (Å²) >= 11 is 13.1. The molecule has 1 atom stereocenters. The Morgan fingerprint density at radius 3 is 2.76 bits per heavy atom. The van der Waals surface area contributed by atoms with Gasteiger partial charge in [0.1, 0.15) is 5.25 Å². The van der Waals surface area contributed by atoms with E-state index in [4.69, 9.17) is 23.2 Å². The van der Waals surface area contributed by atoms with Crippen molar-refractivity contribution in [2.24, 2.45) is 10.2 Å². The van der Waals surface area contributed by atoms with Crippen LogP contribution in [0.15, 0.2) is 64.8 Å². The Labute approximate surface area is 182 Å². The molecule has 0 radical (unpaired) electrons. The molecular formula is C20H16Cl2N4O2S. The molecule has 0 unspecified atom stereocenters. The first-order valence-electron chi connectivity index (χ1n) is 8.57. The van der Waals surface area contributed by atoms with Crippen LogP contribution < -0.4 is 10.6 Å². The van der Waals surface area contributed by atoms with Crippen LogP contribution in [0.4, 0.5) is 5.69 Å². The van der Waals surface area contributed by atoms with Crippen molar-refractivity contribution >= 4 is 69.9 Å². The van der Waals surface area contributed by atoms with Crippen LogP contribution in [0.1, 0.15) is 12.0 Å². The zero-order chi connectivity index (χ0) is 20.6. The van der Waals surface area contributed by atoms with Crippen LogP contribution in [0.5, 0.6) is 0 Å². The largest absolute Gasteiger partial charge is 0.325 e. The van der Waals surface area contributed by atoms with Gasteiger partial charge in [-0.15, -0.1) is 5.10 Å². The van der Waals surface area contributed by atoms with Crippen molar-refractivity contribution in [3.05, 3.63) is 70.2 Å². The molecule has 29 heavy (non-hydrogen) atoms. The van der Waals surface area contributed by atoms with Gasteiger partial charge in [-0.05, 0) is 23.8 Å². The van der Waals surface area contributed by atoms with E-state index in [0.717, 1.165) is 17.3 Å². The first-order chi connectivity index (χ1) is 14.0. The monoisotopic (exact) mass is 446 g/mol. The highest BCUT2D eigenvalue weighted by Gasteiger charge is 2.32. The molecule has 0 bridgehead atoms. The topological polar surface area (TPSA) is 82.9 Å². The molecule has 1 aliphatic heterocycles. The van der Waals surface area contributed by atoms with E-state index in [9.17, 15) is 9.59 Å². The minimum atomic E-state index is -0.596. The third-order valence-corrected chi connectivity index (χ3v) is 5.65. The van der Waals surface area contributed by atoms with Crippen LogP contribution in [0, 0.1) is 0 Å². The first kappa shape index (κ1) is 21.1. The van der Waals surface area contributed by atoms with Crippen molar-refractivity contribution in [3.8, 4) is 0 Å². The summed E-state index contributed by atoms with van der Waals surface area (Å²) in [5, 5.41) is 13.5. The zero-order valence-electron chi connectivity index (χ0n) is 15.0. The molecule has 2 aromatic rings. The maximum atomic E-state index is 12.2. The van der Waals surface area contributed by atoms with Gasteiger partial charge in [0, 0.05) is 12.6 Å². The summed E-state index contributed by atoms with van der Waals surface area (Å²) in [6.07, 6.45) is 5.13. The van der Waals surface area contributed by atoms with E-state index in [-0.39, 0.29) is 23.3 Å². The van der Waals surface area contributed by atoms with Crippen LogP contribution >= 0.6 is 35.0 Å². The predicted molar refractivity (Wildman–Crippen MR) is 121 cm³/mol. The minimum absolute atomic E-state index is 0.0318. The van der Waals surface area contributed by atoms with Gasteiger partial charge in [-0.2, -0.15) is 5.10 Å². The number of carbonyl (C=O) groups is 2. The van der Waals surface area contributed by atoms with Crippen molar-refractivity contribution in [3.63, 3.8) is 0 Å². The fourth-order valence-electron chi connectivity index (χ4n) is 2.40. The Kier molecular flexibility index (Phi) is 7.46. The van der Waals surface area contributed by atoms with E-state index in [0.29, 0.717) is 15.9 Å². The third kappa shape index (κ3) is 6.19. The van der Waals surface area contributed by atoms with Gasteiger partial charge < -0.3 is 10.6 Å². The van der Waals surface area contributed by atoms with Crippen LogP contribution in [-0.4, -0.2) is 28.4 Å². The molecule has 0 aliphatic carbocycles. The number of amidine groups is 1. The molecule has 6 nitrogen and oxygen atoms in total. The number of nitrogens with one attached hydrogen (secondary N) is 2. The lowest BCUT2D eigenvalue weighted by Gasteiger charge is -2.09. The molecule has 148 valence electrons. The number of nitrogens with zero attached hydrogens (tertiary/aromatic N) is 2. The maximum Gasteiger partial charge on any atom is 0.240 e. The second-order valence-electron chi connectivity index (χ2n) is 5.89. The van der Waals surface area contributed by atoms with Crippen LogP contribution in [-0.2, 0) is 9.59 Å². The van der Waals surface area contributed by atoms with E-state index in [2.05, 4.69) is 20.8 Å². The van der Waals surface area contributed by atoms with Crippen molar-refractivity contribution in [2.45, 2.75) is 11.7 Å². The van der Waals surface area contributed by atoms with Gasteiger partial charge in [0.05, 0.1) is 15.7 Å². The van der Waals surface area contributed by atoms with Crippen LogP contribution in [0.3, 0.4) is 0 Å². The van der Waals surface area contributed by atoms with Crippen molar-refractivity contribution < 1.29 is 9.59 Å². The molecule has 9 heteroatoms. The van der Waals surface area contributed by atoms with E-state index < -0.39 is 5.25 Å². The first-order valence-corrected chi connectivity index (χ1v) is 10.2. The molecule has 2 N–H and O–H groups in total. The lowest BCUT2D eigenvalue weighted by molar-refractivity contribution is -0.122. The van der Waals surface area contributed by atoms with Gasteiger partial charge in [-0.25, -0.2) is 0 Å². The highest BCUT2D eigenvalue weighted by molar-refractivity contribution is 8.15. The SMILES string of the molecule is O=C(C[C@@H]1S/C(=N/N=C\C=C\c2ccccc2)NC1=O)Nc1cccc(Cl)c1Cl. The summed E-state index contributed by atoms with van der Waals surface area (Å²) in [6, 6.07) is 14.7. The van der Waals surface area contributed by atoms with E-state index in [1.807, 2.05) is 36.4 Å². The number of thioether (sulfide) groups is 1. The Balaban J connectivity index is 1.52. The van der Waals surface area contributed by atoms with E-state index in [1.54, 1.807) is 24.3 Å². The van der Waals surface area contributed by atoms with E-state index >= 15 is 0 Å². The maximum absolute atomic E-state index is 12.2. The minimum Gasteiger partial charge on any atom is -0.325 e. The summed E-state index contributed by atoms with van der Waals surface area (Å²) in [6.45, 7) is 0. The molecule has 2 amide bonds. The van der Waals surface area contributed by atoms with Gasteiger partial charge in [0.2, 0.25) is 11.8 Å². The van der Waals surface area contributed by atoms with Crippen molar-refractivity contribution in [1.82, 2.24) is 5.32 Å². The highest BCUT2D eigenvalue weighted by atomic mass is 35.5. The van der Waals surface area contributed by atoms with E-state index in [1.165, 1.54) is 6.21 Å². The second kappa shape index (κ2) is 10.2. The molecule has 0 saturated carbocycles. The Morgan fingerprint density at radius 1 is 1.17 bits per heavy atom. The number of benzene rings is 2. The average molecular weight is 447 g/mol. The number of hydrogen-bond donors (Lipinski definition) is 2. The third-order valence-electron chi connectivity index (χ3n) is 3.76. The Morgan fingerprint density at radius 2 is 1.97 bits per heavy atom. The summed E-state index contributed by atoms with van der Waals surface area (Å²) in [7, 11) is 0. The Bertz CT molecular complexity index is 993. The number of allylic oxidation sites excluding steroid dienone is 1. The molecule has 1 saturated heterocycles. The van der Waals surface area contributed by atoms with Gasteiger partial charge in [-0.1, -0.05) is 77.4 Å².